The van der Waals surface area contributed by atoms with Crippen molar-refractivity contribution < 1.29 is 14.2 Å². The summed E-state index contributed by atoms with van der Waals surface area (Å²) in [5, 5.41) is 3.34. The van der Waals surface area contributed by atoms with Gasteiger partial charge in [0.1, 0.15) is 18.5 Å². The molecule has 1 heterocycles. The predicted molar refractivity (Wildman–Crippen MR) is 82.8 cm³/mol. The average molecular weight is 294 g/mol. The van der Waals surface area contributed by atoms with Gasteiger partial charge < -0.3 is 24.4 Å². The minimum Gasteiger partial charge on any atom is -0.490 e. The minimum absolute atomic E-state index is 0.151. The molecule has 5 heteroatoms. The van der Waals surface area contributed by atoms with E-state index in [1.165, 1.54) is 0 Å². The van der Waals surface area contributed by atoms with Crippen LogP contribution in [0.5, 0.6) is 5.75 Å². The SMILES string of the molecule is COCCNCc1ccccc1OCC1CN(C)CCO1. The smallest absolute Gasteiger partial charge is 0.123 e. The topological polar surface area (TPSA) is 43.0 Å². The third kappa shape index (κ3) is 5.63. The van der Waals surface area contributed by atoms with Crippen LogP contribution in [-0.4, -0.2) is 64.6 Å². The van der Waals surface area contributed by atoms with Gasteiger partial charge >= 0.3 is 0 Å². The molecular weight excluding hydrogens is 268 g/mol. The second-order valence-corrected chi connectivity index (χ2v) is 5.34. The maximum Gasteiger partial charge on any atom is 0.123 e. The number of morpholine rings is 1. The summed E-state index contributed by atoms with van der Waals surface area (Å²) in [7, 11) is 3.82. The van der Waals surface area contributed by atoms with Crippen LogP contribution in [0.3, 0.4) is 0 Å². The van der Waals surface area contributed by atoms with Crippen molar-refractivity contribution in [3.05, 3.63) is 29.8 Å². The Morgan fingerprint density at radius 2 is 2.24 bits per heavy atom. The molecule has 0 radical (unpaired) electrons. The van der Waals surface area contributed by atoms with Crippen molar-refractivity contribution in [1.82, 2.24) is 10.2 Å². The molecule has 1 fully saturated rings. The van der Waals surface area contributed by atoms with E-state index in [0.29, 0.717) is 13.2 Å². The quantitative estimate of drug-likeness (QED) is 0.728. The van der Waals surface area contributed by atoms with E-state index in [9.17, 15) is 0 Å². The second-order valence-electron chi connectivity index (χ2n) is 5.34. The number of para-hydroxylation sites is 1. The summed E-state index contributed by atoms with van der Waals surface area (Å²) < 4.78 is 16.7. The lowest BCUT2D eigenvalue weighted by molar-refractivity contribution is -0.0404. The predicted octanol–water partition coefficient (Wildman–Crippen LogP) is 1.13. The molecule has 1 aliphatic heterocycles. The molecule has 21 heavy (non-hydrogen) atoms. The van der Waals surface area contributed by atoms with E-state index < -0.39 is 0 Å². The first kappa shape index (κ1) is 16.2. The lowest BCUT2D eigenvalue weighted by Gasteiger charge is -2.30. The lowest BCUT2D eigenvalue weighted by Crippen LogP contribution is -2.42. The molecule has 0 saturated carbocycles. The Hall–Kier alpha value is -1.14. The third-order valence-corrected chi connectivity index (χ3v) is 3.54. The van der Waals surface area contributed by atoms with Crippen molar-refractivity contribution in [2.24, 2.45) is 0 Å². The molecule has 2 rings (SSSR count). The summed E-state index contributed by atoms with van der Waals surface area (Å²) >= 11 is 0. The van der Waals surface area contributed by atoms with Crippen LogP contribution in [0.25, 0.3) is 0 Å². The summed E-state index contributed by atoms with van der Waals surface area (Å²) in [6.07, 6.45) is 0.151. The average Bonchev–Trinajstić information content (AvgIpc) is 2.50. The highest BCUT2D eigenvalue weighted by Crippen LogP contribution is 2.18. The summed E-state index contributed by atoms with van der Waals surface area (Å²) in [6.45, 7) is 5.63. The van der Waals surface area contributed by atoms with Crippen molar-refractivity contribution >= 4 is 0 Å². The number of likely N-dealkylation sites (N-methyl/N-ethyl adjacent to an activating group) is 1. The van der Waals surface area contributed by atoms with Gasteiger partial charge in [-0.25, -0.2) is 0 Å². The maximum atomic E-state index is 5.96. The van der Waals surface area contributed by atoms with E-state index in [2.05, 4.69) is 23.3 Å². The molecule has 0 spiro atoms. The Kier molecular flexibility index (Phi) is 6.95. The van der Waals surface area contributed by atoms with E-state index in [0.717, 1.165) is 44.1 Å². The number of rotatable bonds is 8. The van der Waals surface area contributed by atoms with Gasteiger partial charge in [0.2, 0.25) is 0 Å². The van der Waals surface area contributed by atoms with Crippen molar-refractivity contribution in [1.29, 1.82) is 0 Å². The highest BCUT2D eigenvalue weighted by atomic mass is 16.5. The molecule has 1 aliphatic rings. The zero-order chi connectivity index (χ0) is 14.9. The van der Waals surface area contributed by atoms with Crippen molar-refractivity contribution in [2.75, 3.05) is 53.6 Å². The molecular formula is C16H26N2O3. The fourth-order valence-electron chi connectivity index (χ4n) is 2.34. The number of benzene rings is 1. The van der Waals surface area contributed by atoms with Crippen LogP contribution in [0, 0.1) is 0 Å². The van der Waals surface area contributed by atoms with Gasteiger partial charge in [-0.3, -0.25) is 0 Å². The summed E-state index contributed by atoms with van der Waals surface area (Å²) in [5.41, 5.74) is 1.16. The summed E-state index contributed by atoms with van der Waals surface area (Å²) in [6, 6.07) is 8.13. The summed E-state index contributed by atoms with van der Waals surface area (Å²) in [4.78, 5) is 2.27. The van der Waals surface area contributed by atoms with E-state index in [4.69, 9.17) is 14.2 Å². The Morgan fingerprint density at radius 3 is 3.05 bits per heavy atom. The number of ether oxygens (including phenoxy) is 3. The molecule has 1 saturated heterocycles. The van der Waals surface area contributed by atoms with E-state index in [1.54, 1.807) is 7.11 Å². The van der Waals surface area contributed by atoms with Crippen LogP contribution >= 0.6 is 0 Å². The Bertz CT molecular complexity index is 414. The van der Waals surface area contributed by atoms with E-state index >= 15 is 0 Å². The largest absolute Gasteiger partial charge is 0.490 e. The molecule has 1 aromatic rings. The maximum absolute atomic E-state index is 5.96. The fourth-order valence-corrected chi connectivity index (χ4v) is 2.34. The molecule has 0 amide bonds. The van der Waals surface area contributed by atoms with Crippen LogP contribution in [0.15, 0.2) is 24.3 Å². The summed E-state index contributed by atoms with van der Waals surface area (Å²) in [5.74, 6) is 0.930. The number of methoxy groups -OCH3 is 1. The molecule has 5 nitrogen and oxygen atoms in total. The monoisotopic (exact) mass is 294 g/mol. The van der Waals surface area contributed by atoms with Gasteiger partial charge in [0, 0.05) is 38.9 Å². The molecule has 1 unspecified atom stereocenters. The van der Waals surface area contributed by atoms with Gasteiger partial charge in [0.05, 0.1) is 13.2 Å². The number of nitrogens with zero attached hydrogens (tertiary/aromatic N) is 1. The molecule has 118 valence electrons. The van der Waals surface area contributed by atoms with E-state index in [1.807, 2.05) is 18.2 Å². The number of nitrogens with one attached hydrogen (secondary N) is 1. The molecule has 1 atom stereocenters. The molecule has 0 aromatic heterocycles. The molecule has 0 bridgehead atoms. The lowest BCUT2D eigenvalue weighted by atomic mass is 10.2. The van der Waals surface area contributed by atoms with Gasteiger partial charge in [-0.1, -0.05) is 18.2 Å². The van der Waals surface area contributed by atoms with Crippen LogP contribution in [0.4, 0.5) is 0 Å². The van der Waals surface area contributed by atoms with Crippen molar-refractivity contribution in [2.45, 2.75) is 12.6 Å². The first-order valence-electron chi connectivity index (χ1n) is 7.50. The standard InChI is InChI=1S/C16H26N2O3/c1-18-8-10-20-15(12-18)13-21-16-6-4-3-5-14(16)11-17-7-9-19-2/h3-6,15,17H,7-13H2,1-2H3. The highest BCUT2D eigenvalue weighted by molar-refractivity contribution is 5.33. The van der Waals surface area contributed by atoms with Crippen LogP contribution in [-0.2, 0) is 16.0 Å². The molecule has 1 N–H and O–H groups in total. The second kappa shape index (κ2) is 9.00. The zero-order valence-electron chi connectivity index (χ0n) is 13.0. The van der Waals surface area contributed by atoms with Crippen LogP contribution in [0.1, 0.15) is 5.56 Å². The van der Waals surface area contributed by atoms with Gasteiger partial charge in [0.15, 0.2) is 0 Å². The van der Waals surface area contributed by atoms with Crippen molar-refractivity contribution in [3.8, 4) is 5.75 Å². The Balaban J connectivity index is 1.81. The molecule has 1 aromatic carbocycles. The van der Waals surface area contributed by atoms with E-state index in [-0.39, 0.29) is 6.10 Å². The van der Waals surface area contributed by atoms with Crippen LogP contribution in [0.2, 0.25) is 0 Å². The fraction of sp³-hybridized carbons (Fsp3) is 0.625. The first-order valence-corrected chi connectivity index (χ1v) is 7.50. The number of hydrogen-bond donors (Lipinski definition) is 1. The highest BCUT2D eigenvalue weighted by Gasteiger charge is 2.18. The van der Waals surface area contributed by atoms with Gasteiger partial charge in [-0.2, -0.15) is 0 Å². The number of hydrogen-bond acceptors (Lipinski definition) is 5. The zero-order valence-corrected chi connectivity index (χ0v) is 13.0. The van der Waals surface area contributed by atoms with Gasteiger partial charge in [0.25, 0.3) is 0 Å². The van der Waals surface area contributed by atoms with Crippen LogP contribution < -0.4 is 10.1 Å². The van der Waals surface area contributed by atoms with Gasteiger partial charge in [-0.15, -0.1) is 0 Å². The third-order valence-electron chi connectivity index (χ3n) is 3.54. The molecule has 0 aliphatic carbocycles. The normalized spacial score (nSPS) is 19.6. The minimum atomic E-state index is 0.151. The first-order chi connectivity index (χ1) is 10.3. The Morgan fingerprint density at radius 1 is 1.38 bits per heavy atom. The van der Waals surface area contributed by atoms with Crippen molar-refractivity contribution in [3.63, 3.8) is 0 Å². The van der Waals surface area contributed by atoms with Gasteiger partial charge in [-0.05, 0) is 13.1 Å². The Labute approximate surface area is 127 Å².